The van der Waals surface area contributed by atoms with Gasteiger partial charge in [0.25, 0.3) is 0 Å². The van der Waals surface area contributed by atoms with Crippen LogP contribution in [-0.2, 0) is 19.6 Å². The van der Waals surface area contributed by atoms with E-state index in [-0.39, 0.29) is 42.3 Å². The molecule has 2 saturated heterocycles. The molecule has 2 aliphatic rings. The maximum atomic E-state index is 13.0. The van der Waals surface area contributed by atoms with Crippen molar-refractivity contribution >= 4 is 39.4 Å². The van der Waals surface area contributed by atoms with E-state index in [2.05, 4.69) is 15.3 Å². The van der Waals surface area contributed by atoms with Gasteiger partial charge in [0.15, 0.2) is 0 Å². The summed E-state index contributed by atoms with van der Waals surface area (Å²) in [5.41, 5.74) is 0.548. The van der Waals surface area contributed by atoms with E-state index in [1.165, 1.54) is 10.5 Å². The third-order valence-corrected chi connectivity index (χ3v) is 6.98. The predicted molar refractivity (Wildman–Crippen MR) is 106 cm³/mol. The molecule has 2 aromatic rings. The summed E-state index contributed by atoms with van der Waals surface area (Å²) < 4.78 is 32.8. The lowest BCUT2D eigenvalue weighted by molar-refractivity contribution is -0.133. The Balaban J connectivity index is 0.00000225. The first-order valence-corrected chi connectivity index (χ1v) is 10.5. The van der Waals surface area contributed by atoms with Crippen molar-refractivity contribution in [1.29, 1.82) is 0 Å². The fourth-order valence-electron chi connectivity index (χ4n) is 3.55. The zero-order valence-electron chi connectivity index (χ0n) is 15.3. The molecule has 9 nitrogen and oxygen atoms in total. The van der Waals surface area contributed by atoms with E-state index in [0.717, 1.165) is 6.54 Å². The summed E-state index contributed by atoms with van der Waals surface area (Å²) in [6, 6.07) is 3.49. The number of sulfonamides is 1. The molecular formula is C17H24ClN5O4S. The second-order valence-corrected chi connectivity index (χ2v) is 8.67. The molecule has 0 aromatic carbocycles. The number of nitrogens with zero attached hydrogens (tertiary/aromatic N) is 3. The normalized spacial score (nSPS) is 21.4. The number of ether oxygens (including phenoxy) is 1. The molecule has 4 rings (SSSR count). The molecule has 28 heavy (non-hydrogen) atoms. The minimum absolute atomic E-state index is 0. The van der Waals surface area contributed by atoms with E-state index >= 15 is 0 Å². The Morgan fingerprint density at radius 2 is 2.07 bits per heavy atom. The standard InChI is InChI=1S/C17H23N5O4S.ClH/c23-16(10-13-12-26-9-4-18-13)21-5-7-22(8-6-21)27(24,25)15-11-20-17-14(15)2-1-3-19-17;/h1-3,11,13,18H,4-10,12H2,(H,19,20);1H. The van der Waals surface area contributed by atoms with E-state index in [4.69, 9.17) is 4.74 Å². The highest BCUT2D eigenvalue weighted by molar-refractivity contribution is 7.89. The van der Waals surface area contributed by atoms with Crippen LogP contribution >= 0.6 is 12.4 Å². The second-order valence-electron chi connectivity index (χ2n) is 6.77. The van der Waals surface area contributed by atoms with Gasteiger partial charge in [-0.05, 0) is 12.1 Å². The van der Waals surface area contributed by atoms with Crippen LogP contribution in [0.4, 0.5) is 0 Å². The van der Waals surface area contributed by atoms with E-state index < -0.39 is 10.0 Å². The van der Waals surface area contributed by atoms with Crippen LogP contribution in [0.3, 0.4) is 0 Å². The third kappa shape index (κ3) is 4.15. The molecule has 0 aliphatic carbocycles. The quantitative estimate of drug-likeness (QED) is 0.718. The van der Waals surface area contributed by atoms with Crippen LogP contribution in [0, 0.1) is 0 Å². The number of hydrogen-bond donors (Lipinski definition) is 2. The van der Waals surface area contributed by atoms with Gasteiger partial charge < -0.3 is 19.9 Å². The summed E-state index contributed by atoms with van der Waals surface area (Å²) in [7, 11) is -3.63. The predicted octanol–water partition coefficient (Wildman–Crippen LogP) is 0.196. The van der Waals surface area contributed by atoms with Crippen LogP contribution < -0.4 is 5.32 Å². The summed E-state index contributed by atoms with van der Waals surface area (Å²) in [6.07, 6.45) is 3.48. The highest BCUT2D eigenvalue weighted by atomic mass is 35.5. The first kappa shape index (κ1) is 21.0. The van der Waals surface area contributed by atoms with Gasteiger partial charge in [-0.2, -0.15) is 4.31 Å². The topological polar surface area (TPSA) is 108 Å². The Hall–Kier alpha value is -1.72. The lowest BCUT2D eigenvalue weighted by atomic mass is 10.1. The second kappa shape index (κ2) is 8.75. The summed E-state index contributed by atoms with van der Waals surface area (Å²) >= 11 is 0. The molecule has 2 N–H and O–H groups in total. The van der Waals surface area contributed by atoms with Crippen LogP contribution in [0.15, 0.2) is 29.4 Å². The minimum atomic E-state index is -3.63. The number of amides is 1. The van der Waals surface area contributed by atoms with Crippen LogP contribution in [0.25, 0.3) is 11.0 Å². The van der Waals surface area contributed by atoms with Gasteiger partial charge in [-0.3, -0.25) is 4.79 Å². The van der Waals surface area contributed by atoms with Gasteiger partial charge >= 0.3 is 0 Å². The van der Waals surface area contributed by atoms with Crippen LogP contribution in [-0.4, -0.2) is 85.5 Å². The molecule has 154 valence electrons. The van der Waals surface area contributed by atoms with Crippen molar-refractivity contribution in [3.8, 4) is 0 Å². The fourth-order valence-corrected chi connectivity index (χ4v) is 5.12. The number of nitrogens with one attached hydrogen (secondary N) is 2. The maximum absolute atomic E-state index is 13.0. The molecule has 1 amide bonds. The number of piperazine rings is 1. The average Bonchev–Trinajstić information content (AvgIpc) is 3.14. The molecule has 1 atom stereocenters. The molecular weight excluding hydrogens is 406 g/mol. The molecule has 4 heterocycles. The van der Waals surface area contributed by atoms with Gasteiger partial charge in [0, 0.05) is 63.0 Å². The summed E-state index contributed by atoms with van der Waals surface area (Å²) in [5, 5.41) is 3.85. The van der Waals surface area contributed by atoms with E-state index in [1.807, 2.05) is 0 Å². The number of carbonyl (C=O) groups is 1. The van der Waals surface area contributed by atoms with Crippen LogP contribution in [0.1, 0.15) is 6.42 Å². The van der Waals surface area contributed by atoms with Crippen molar-refractivity contribution in [1.82, 2.24) is 24.5 Å². The number of H-pyrrole nitrogens is 1. The fraction of sp³-hybridized carbons (Fsp3) is 0.529. The summed E-state index contributed by atoms with van der Waals surface area (Å²) in [6.45, 7) is 3.33. The maximum Gasteiger partial charge on any atom is 0.245 e. The molecule has 0 saturated carbocycles. The van der Waals surface area contributed by atoms with Gasteiger partial charge in [-0.1, -0.05) is 0 Å². The first-order chi connectivity index (χ1) is 13.1. The number of carbonyl (C=O) groups excluding carboxylic acids is 1. The summed E-state index contributed by atoms with van der Waals surface area (Å²) in [4.78, 5) is 21.5. The Labute approximate surface area is 169 Å². The zero-order valence-corrected chi connectivity index (χ0v) is 17.0. The number of aromatic amines is 1. The van der Waals surface area contributed by atoms with Gasteiger partial charge in [-0.15, -0.1) is 12.4 Å². The van der Waals surface area contributed by atoms with Crippen molar-refractivity contribution in [3.05, 3.63) is 24.5 Å². The van der Waals surface area contributed by atoms with E-state index in [0.29, 0.717) is 43.8 Å². The Morgan fingerprint density at radius 3 is 2.79 bits per heavy atom. The molecule has 0 spiro atoms. The lowest BCUT2D eigenvalue weighted by Crippen LogP contribution is -2.52. The molecule has 2 aliphatic heterocycles. The minimum Gasteiger partial charge on any atom is -0.378 e. The number of fused-ring (bicyclic) bond motifs is 1. The highest BCUT2D eigenvalue weighted by Gasteiger charge is 2.32. The van der Waals surface area contributed by atoms with Crippen LogP contribution in [0.2, 0.25) is 0 Å². The van der Waals surface area contributed by atoms with Gasteiger partial charge in [0.05, 0.1) is 13.2 Å². The van der Waals surface area contributed by atoms with E-state index in [9.17, 15) is 13.2 Å². The Morgan fingerprint density at radius 1 is 1.29 bits per heavy atom. The number of hydrogen-bond acceptors (Lipinski definition) is 6. The molecule has 0 bridgehead atoms. The van der Waals surface area contributed by atoms with Gasteiger partial charge in [-0.25, -0.2) is 13.4 Å². The highest BCUT2D eigenvalue weighted by Crippen LogP contribution is 2.25. The van der Waals surface area contributed by atoms with Gasteiger partial charge in [0.1, 0.15) is 10.5 Å². The number of halogens is 1. The van der Waals surface area contributed by atoms with E-state index in [1.54, 1.807) is 23.2 Å². The largest absolute Gasteiger partial charge is 0.378 e. The monoisotopic (exact) mass is 429 g/mol. The van der Waals surface area contributed by atoms with Crippen molar-refractivity contribution in [3.63, 3.8) is 0 Å². The third-order valence-electron chi connectivity index (χ3n) is 5.04. The number of pyridine rings is 1. The first-order valence-electron chi connectivity index (χ1n) is 9.07. The summed E-state index contributed by atoms with van der Waals surface area (Å²) in [5.74, 6) is 0.0337. The zero-order chi connectivity index (χ0) is 18.9. The lowest BCUT2D eigenvalue weighted by Gasteiger charge is -2.35. The van der Waals surface area contributed by atoms with Crippen LogP contribution in [0.5, 0.6) is 0 Å². The Bertz CT molecular complexity index is 921. The van der Waals surface area contributed by atoms with Crippen molar-refractivity contribution in [2.75, 3.05) is 45.9 Å². The average molecular weight is 430 g/mol. The smallest absolute Gasteiger partial charge is 0.245 e. The molecule has 11 heteroatoms. The molecule has 2 fully saturated rings. The Kier molecular flexibility index (Phi) is 6.56. The van der Waals surface area contributed by atoms with Crippen molar-refractivity contribution in [2.24, 2.45) is 0 Å². The van der Waals surface area contributed by atoms with Crippen molar-refractivity contribution in [2.45, 2.75) is 17.4 Å². The molecule has 2 aromatic heterocycles. The van der Waals surface area contributed by atoms with Gasteiger partial charge in [0.2, 0.25) is 15.9 Å². The SMILES string of the molecule is Cl.O=C(CC1COCCN1)N1CCN(S(=O)(=O)c2c[nH]c3ncccc23)CC1. The number of rotatable bonds is 4. The molecule has 1 unspecified atom stereocenters. The number of aromatic nitrogens is 2. The van der Waals surface area contributed by atoms with Crippen molar-refractivity contribution < 1.29 is 17.9 Å². The number of morpholine rings is 1. The molecule has 0 radical (unpaired) electrons.